The molecule has 0 bridgehead atoms. The molecule has 0 aromatic carbocycles. The van der Waals surface area contributed by atoms with Crippen molar-refractivity contribution in [3.63, 3.8) is 0 Å². The molecule has 0 unspecified atom stereocenters. The summed E-state index contributed by atoms with van der Waals surface area (Å²) in [5.74, 6) is -2.22. The van der Waals surface area contributed by atoms with Crippen molar-refractivity contribution in [2.75, 3.05) is 6.61 Å². The highest BCUT2D eigenvalue weighted by Crippen LogP contribution is 2.27. The fourth-order valence-corrected chi connectivity index (χ4v) is 1.33. The van der Waals surface area contributed by atoms with Crippen molar-refractivity contribution in [3.05, 3.63) is 28.3 Å². The normalized spacial score (nSPS) is 10.6. The first-order valence-corrected chi connectivity index (χ1v) is 4.66. The molecule has 1 aromatic rings. The number of carbonyl (C=O) groups excluding carboxylic acids is 1. The number of aromatic nitrogens is 1. The Morgan fingerprint density at radius 2 is 2.25 bits per heavy atom. The lowest BCUT2D eigenvalue weighted by atomic mass is 10.2. The van der Waals surface area contributed by atoms with Crippen molar-refractivity contribution in [1.29, 1.82) is 0 Å². The molecule has 0 aliphatic rings. The van der Waals surface area contributed by atoms with Gasteiger partial charge in [0.1, 0.15) is 11.3 Å². The van der Waals surface area contributed by atoms with Gasteiger partial charge in [-0.1, -0.05) is 11.6 Å². The number of halogens is 4. The van der Waals surface area contributed by atoms with E-state index >= 15 is 0 Å². The first-order chi connectivity index (χ1) is 7.47. The average Bonchev–Trinajstić information content (AvgIpc) is 2.16. The Hall–Kier alpha value is -1.30. The molecule has 16 heavy (non-hydrogen) atoms. The minimum absolute atomic E-state index is 0.00475. The van der Waals surface area contributed by atoms with Gasteiger partial charge < -0.3 is 4.74 Å². The van der Waals surface area contributed by atoms with Crippen molar-refractivity contribution in [1.82, 2.24) is 4.98 Å². The van der Waals surface area contributed by atoms with E-state index < -0.39 is 34.6 Å². The number of hydrogen-bond acceptors (Lipinski definition) is 3. The molecule has 0 spiro atoms. The van der Waals surface area contributed by atoms with Gasteiger partial charge in [-0.2, -0.15) is 4.39 Å². The molecular formula is C9H7ClF3NO2. The summed E-state index contributed by atoms with van der Waals surface area (Å²) in [6, 6.07) is 0.680. The lowest BCUT2D eigenvalue weighted by Crippen LogP contribution is -2.12. The van der Waals surface area contributed by atoms with Crippen LogP contribution in [0.3, 0.4) is 0 Å². The molecule has 0 aliphatic heterocycles. The maximum atomic E-state index is 12.7. The van der Waals surface area contributed by atoms with Gasteiger partial charge in [-0.25, -0.2) is 18.6 Å². The molecule has 0 aliphatic carbocycles. The van der Waals surface area contributed by atoms with Gasteiger partial charge in [0.15, 0.2) is 0 Å². The van der Waals surface area contributed by atoms with E-state index in [0.717, 1.165) is 0 Å². The van der Waals surface area contributed by atoms with Crippen LogP contribution >= 0.6 is 11.6 Å². The molecule has 7 heteroatoms. The summed E-state index contributed by atoms with van der Waals surface area (Å²) >= 11 is 5.50. The minimum atomic E-state index is -3.10. The highest BCUT2D eigenvalue weighted by molar-refractivity contribution is 6.33. The third-order valence-electron chi connectivity index (χ3n) is 1.65. The topological polar surface area (TPSA) is 39.2 Å². The zero-order valence-electron chi connectivity index (χ0n) is 8.14. The largest absolute Gasteiger partial charge is 0.462 e. The second-order valence-electron chi connectivity index (χ2n) is 2.71. The summed E-state index contributed by atoms with van der Waals surface area (Å²) in [6.07, 6.45) is -3.10. The maximum Gasteiger partial charge on any atom is 0.341 e. The molecule has 88 valence electrons. The molecule has 0 atom stereocenters. The fraction of sp³-hybridized carbons (Fsp3) is 0.333. The smallest absolute Gasteiger partial charge is 0.341 e. The van der Waals surface area contributed by atoms with Gasteiger partial charge >= 0.3 is 5.97 Å². The maximum absolute atomic E-state index is 12.7. The van der Waals surface area contributed by atoms with E-state index in [1.165, 1.54) is 6.92 Å². The first-order valence-electron chi connectivity index (χ1n) is 4.28. The number of ether oxygens (including phenoxy) is 1. The predicted octanol–water partition coefficient (Wildman–Crippen LogP) is 2.99. The molecule has 0 saturated heterocycles. The van der Waals surface area contributed by atoms with E-state index in [-0.39, 0.29) is 6.61 Å². The van der Waals surface area contributed by atoms with Gasteiger partial charge in [-0.15, -0.1) is 0 Å². The third-order valence-corrected chi connectivity index (χ3v) is 1.95. The number of hydrogen-bond donors (Lipinski definition) is 0. The summed E-state index contributed by atoms with van der Waals surface area (Å²) in [7, 11) is 0. The van der Waals surface area contributed by atoms with E-state index in [1.807, 2.05) is 0 Å². The fourth-order valence-electron chi connectivity index (χ4n) is 1.07. The predicted molar refractivity (Wildman–Crippen MR) is 50.1 cm³/mol. The molecule has 1 heterocycles. The molecule has 0 N–H and O–H groups in total. The van der Waals surface area contributed by atoms with Crippen molar-refractivity contribution in [2.24, 2.45) is 0 Å². The van der Waals surface area contributed by atoms with Crippen LogP contribution in [-0.2, 0) is 4.74 Å². The van der Waals surface area contributed by atoms with Crippen molar-refractivity contribution < 1.29 is 22.7 Å². The van der Waals surface area contributed by atoms with Crippen molar-refractivity contribution in [3.8, 4) is 0 Å². The quantitative estimate of drug-likeness (QED) is 0.614. The monoisotopic (exact) mass is 253 g/mol. The molecular weight excluding hydrogens is 247 g/mol. The second-order valence-corrected chi connectivity index (χ2v) is 3.12. The van der Waals surface area contributed by atoms with Crippen LogP contribution in [0.1, 0.15) is 29.4 Å². The van der Waals surface area contributed by atoms with Crippen LogP contribution < -0.4 is 0 Å². The van der Waals surface area contributed by atoms with Crippen LogP contribution in [0.5, 0.6) is 0 Å². The molecule has 0 saturated carbocycles. The second kappa shape index (κ2) is 5.16. The van der Waals surface area contributed by atoms with E-state index in [2.05, 4.69) is 9.72 Å². The van der Waals surface area contributed by atoms with Gasteiger partial charge in [-0.3, -0.25) is 0 Å². The first kappa shape index (κ1) is 12.8. The van der Waals surface area contributed by atoms with Crippen molar-refractivity contribution >= 4 is 17.6 Å². The van der Waals surface area contributed by atoms with Gasteiger partial charge in [0.2, 0.25) is 5.95 Å². The van der Waals surface area contributed by atoms with E-state index in [0.29, 0.717) is 6.07 Å². The SMILES string of the molecule is CCOC(=O)c1c(Cl)cc(F)nc1C(F)F. The Balaban J connectivity index is 3.29. The lowest BCUT2D eigenvalue weighted by Gasteiger charge is -2.08. The average molecular weight is 254 g/mol. The van der Waals surface area contributed by atoms with E-state index in [9.17, 15) is 18.0 Å². The molecule has 0 fully saturated rings. The zero-order valence-corrected chi connectivity index (χ0v) is 8.89. The van der Waals surface area contributed by atoms with Crippen LogP contribution in [0.25, 0.3) is 0 Å². The summed E-state index contributed by atoms with van der Waals surface area (Å²) in [6.45, 7) is 1.50. The minimum Gasteiger partial charge on any atom is -0.462 e. The van der Waals surface area contributed by atoms with Crippen LogP contribution in [-0.4, -0.2) is 17.6 Å². The Kier molecular flexibility index (Phi) is 4.12. The summed E-state index contributed by atoms with van der Waals surface area (Å²) < 4.78 is 42.2. The summed E-state index contributed by atoms with van der Waals surface area (Å²) in [4.78, 5) is 14.2. The Morgan fingerprint density at radius 3 is 2.75 bits per heavy atom. The number of pyridine rings is 1. The van der Waals surface area contributed by atoms with Crippen molar-refractivity contribution in [2.45, 2.75) is 13.3 Å². The number of carbonyl (C=O) groups is 1. The molecule has 0 amide bonds. The van der Waals surface area contributed by atoms with Crippen LogP contribution in [0, 0.1) is 5.95 Å². The Bertz CT molecular complexity index is 412. The highest BCUT2D eigenvalue weighted by Gasteiger charge is 2.25. The number of nitrogens with zero attached hydrogens (tertiary/aromatic N) is 1. The standard InChI is InChI=1S/C9H7ClF3NO2/c1-2-16-9(15)6-4(10)3-5(11)14-7(6)8(12)13/h3,8H,2H2,1H3. The van der Waals surface area contributed by atoms with Gasteiger partial charge in [0.25, 0.3) is 6.43 Å². The highest BCUT2D eigenvalue weighted by atomic mass is 35.5. The van der Waals surface area contributed by atoms with Gasteiger partial charge in [-0.05, 0) is 6.92 Å². The number of esters is 1. The summed E-state index contributed by atoms with van der Waals surface area (Å²) in [5.41, 5.74) is -1.61. The summed E-state index contributed by atoms with van der Waals surface area (Å²) in [5, 5.41) is -0.443. The van der Waals surface area contributed by atoms with Crippen LogP contribution in [0.15, 0.2) is 6.07 Å². The Labute approximate surface area is 94.2 Å². The zero-order chi connectivity index (χ0) is 12.3. The lowest BCUT2D eigenvalue weighted by molar-refractivity contribution is 0.0513. The molecule has 0 radical (unpaired) electrons. The van der Waals surface area contributed by atoms with E-state index in [1.54, 1.807) is 0 Å². The molecule has 1 aromatic heterocycles. The molecule has 1 rings (SSSR count). The van der Waals surface area contributed by atoms with Crippen LogP contribution in [0.4, 0.5) is 13.2 Å². The Morgan fingerprint density at radius 1 is 1.62 bits per heavy atom. The van der Waals surface area contributed by atoms with Crippen LogP contribution in [0.2, 0.25) is 5.02 Å². The number of rotatable bonds is 3. The van der Waals surface area contributed by atoms with Gasteiger partial charge in [0.05, 0.1) is 11.6 Å². The molecule has 3 nitrogen and oxygen atoms in total. The van der Waals surface area contributed by atoms with E-state index in [4.69, 9.17) is 11.6 Å². The number of alkyl halides is 2. The third kappa shape index (κ3) is 2.63. The van der Waals surface area contributed by atoms with Gasteiger partial charge in [0, 0.05) is 6.07 Å².